The van der Waals surface area contributed by atoms with Crippen LogP contribution in [0, 0.1) is 0 Å². The predicted molar refractivity (Wildman–Crippen MR) is 77.2 cm³/mol. The van der Waals surface area contributed by atoms with Crippen LogP contribution in [0.25, 0.3) is 11.0 Å². The molecular weight excluding hydrogens is 268 g/mol. The topological polar surface area (TPSA) is 68.8 Å². The fourth-order valence-electron chi connectivity index (χ4n) is 2.15. The van der Waals surface area contributed by atoms with Crippen molar-refractivity contribution in [3.8, 4) is 0 Å². The monoisotopic (exact) mass is 284 g/mol. The number of carbonyl (C=O) groups is 1. The Labute approximate surface area is 121 Å². The van der Waals surface area contributed by atoms with Crippen LogP contribution in [0.4, 0.5) is 0 Å². The number of hydrogen-bond acceptors (Lipinski definition) is 4. The van der Waals surface area contributed by atoms with E-state index in [0.717, 1.165) is 16.9 Å². The van der Waals surface area contributed by atoms with Crippen LogP contribution in [0.1, 0.15) is 5.82 Å². The van der Waals surface area contributed by atoms with Gasteiger partial charge in [0.2, 0.25) is 5.91 Å². The largest absolute Gasteiger partial charge is 0.337 e. The summed E-state index contributed by atoms with van der Waals surface area (Å²) in [6, 6.07) is 7.76. The molecule has 7 nitrogen and oxygen atoms in total. The highest BCUT2D eigenvalue weighted by atomic mass is 16.2. The van der Waals surface area contributed by atoms with E-state index < -0.39 is 0 Å². The standard InChI is InChI=1S/C14H16N6O/c1-18(7-13-17-16-10-19(13)2)14(21)8-20-9-15-11-5-3-4-6-12(11)20/h3-6,9-10H,7-8H2,1-2H3. The quantitative estimate of drug-likeness (QED) is 0.711. The van der Waals surface area contributed by atoms with Crippen LogP contribution in [0.5, 0.6) is 0 Å². The molecule has 0 aliphatic heterocycles. The molecule has 108 valence electrons. The Hall–Kier alpha value is -2.70. The van der Waals surface area contributed by atoms with Crippen molar-refractivity contribution in [3.63, 3.8) is 0 Å². The van der Waals surface area contributed by atoms with Gasteiger partial charge < -0.3 is 14.0 Å². The van der Waals surface area contributed by atoms with Gasteiger partial charge in [-0.05, 0) is 12.1 Å². The van der Waals surface area contributed by atoms with Crippen molar-refractivity contribution in [1.29, 1.82) is 0 Å². The summed E-state index contributed by atoms with van der Waals surface area (Å²) in [5.74, 6) is 0.752. The van der Waals surface area contributed by atoms with Gasteiger partial charge in [0.25, 0.3) is 0 Å². The van der Waals surface area contributed by atoms with E-state index in [1.165, 1.54) is 0 Å². The summed E-state index contributed by atoms with van der Waals surface area (Å²) in [4.78, 5) is 18.2. The van der Waals surface area contributed by atoms with Crippen molar-refractivity contribution in [3.05, 3.63) is 42.7 Å². The summed E-state index contributed by atoms with van der Waals surface area (Å²) in [5.41, 5.74) is 1.85. The first-order valence-corrected chi connectivity index (χ1v) is 6.62. The number of hydrogen-bond donors (Lipinski definition) is 0. The fourth-order valence-corrected chi connectivity index (χ4v) is 2.15. The molecule has 0 aliphatic carbocycles. The molecule has 0 spiro atoms. The van der Waals surface area contributed by atoms with Gasteiger partial charge in [-0.1, -0.05) is 12.1 Å². The van der Waals surface area contributed by atoms with Crippen molar-refractivity contribution >= 4 is 16.9 Å². The van der Waals surface area contributed by atoms with Crippen molar-refractivity contribution in [2.45, 2.75) is 13.1 Å². The molecule has 0 radical (unpaired) electrons. The molecule has 0 bridgehead atoms. The van der Waals surface area contributed by atoms with E-state index >= 15 is 0 Å². The first-order valence-electron chi connectivity index (χ1n) is 6.62. The lowest BCUT2D eigenvalue weighted by atomic mass is 10.3. The molecule has 0 unspecified atom stereocenters. The van der Waals surface area contributed by atoms with Gasteiger partial charge in [-0.3, -0.25) is 4.79 Å². The van der Waals surface area contributed by atoms with E-state index in [1.54, 1.807) is 29.2 Å². The van der Waals surface area contributed by atoms with E-state index in [-0.39, 0.29) is 12.5 Å². The third kappa shape index (κ3) is 2.62. The number of amides is 1. The molecule has 0 saturated carbocycles. The van der Waals surface area contributed by atoms with Crippen LogP contribution >= 0.6 is 0 Å². The number of imidazole rings is 1. The highest BCUT2D eigenvalue weighted by molar-refractivity contribution is 5.80. The highest BCUT2D eigenvalue weighted by Gasteiger charge is 2.14. The Morgan fingerprint density at radius 1 is 1.29 bits per heavy atom. The number of fused-ring (bicyclic) bond motifs is 1. The third-order valence-corrected chi connectivity index (χ3v) is 3.44. The van der Waals surface area contributed by atoms with Gasteiger partial charge in [0, 0.05) is 14.1 Å². The maximum absolute atomic E-state index is 12.3. The average Bonchev–Trinajstić information content (AvgIpc) is 3.07. The van der Waals surface area contributed by atoms with E-state index in [1.807, 2.05) is 35.9 Å². The Morgan fingerprint density at radius 2 is 2.10 bits per heavy atom. The van der Waals surface area contributed by atoms with Crippen LogP contribution in [-0.4, -0.2) is 42.2 Å². The fraction of sp³-hybridized carbons (Fsp3) is 0.286. The van der Waals surface area contributed by atoms with Crippen molar-refractivity contribution in [2.24, 2.45) is 7.05 Å². The molecule has 3 aromatic rings. The Morgan fingerprint density at radius 3 is 2.86 bits per heavy atom. The molecule has 1 aromatic carbocycles. The maximum Gasteiger partial charge on any atom is 0.242 e. The normalized spacial score (nSPS) is 11.0. The number of rotatable bonds is 4. The van der Waals surface area contributed by atoms with E-state index in [0.29, 0.717) is 6.54 Å². The van der Waals surface area contributed by atoms with Gasteiger partial charge in [-0.15, -0.1) is 10.2 Å². The molecule has 0 aliphatic rings. The molecule has 0 atom stereocenters. The second-order valence-corrected chi connectivity index (χ2v) is 4.97. The summed E-state index contributed by atoms with van der Waals surface area (Å²) in [6.07, 6.45) is 3.32. The van der Waals surface area contributed by atoms with Gasteiger partial charge in [0.05, 0.1) is 23.9 Å². The van der Waals surface area contributed by atoms with Crippen LogP contribution in [0.3, 0.4) is 0 Å². The minimum atomic E-state index is 0.00107. The Kier molecular flexibility index (Phi) is 3.39. The summed E-state index contributed by atoms with van der Waals surface area (Å²) < 4.78 is 3.65. The van der Waals surface area contributed by atoms with Gasteiger partial charge in [0.15, 0.2) is 5.82 Å². The van der Waals surface area contributed by atoms with Crippen molar-refractivity contribution in [1.82, 2.24) is 29.2 Å². The van der Waals surface area contributed by atoms with Crippen molar-refractivity contribution in [2.75, 3.05) is 7.05 Å². The zero-order valence-electron chi connectivity index (χ0n) is 12.0. The number of aromatic nitrogens is 5. The molecule has 2 aromatic heterocycles. The summed E-state index contributed by atoms with van der Waals surface area (Å²) in [7, 11) is 3.62. The van der Waals surface area contributed by atoms with E-state index in [2.05, 4.69) is 15.2 Å². The van der Waals surface area contributed by atoms with Gasteiger partial charge in [-0.25, -0.2) is 4.98 Å². The molecule has 21 heavy (non-hydrogen) atoms. The van der Waals surface area contributed by atoms with Crippen LogP contribution in [0.15, 0.2) is 36.9 Å². The molecule has 1 amide bonds. The highest BCUT2D eigenvalue weighted by Crippen LogP contribution is 2.12. The first-order chi connectivity index (χ1) is 10.1. The number of benzene rings is 1. The molecule has 2 heterocycles. The second kappa shape index (κ2) is 5.35. The Bertz CT molecular complexity index is 774. The molecule has 3 rings (SSSR count). The molecule has 0 N–H and O–H groups in total. The predicted octanol–water partition coefficient (Wildman–Crippen LogP) is 0.823. The summed E-state index contributed by atoms with van der Waals surface area (Å²) in [6.45, 7) is 0.691. The minimum Gasteiger partial charge on any atom is -0.337 e. The second-order valence-electron chi connectivity index (χ2n) is 4.97. The number of aryl methyl sites for hydroxylation is 1. The first kappa shape index (κ1) is 13.3. The zero-order valence-corrected chi connectivity index (χ0v) is 12.0. The van der Waals surface area contributed by atoms with E-state index in [9.17, 15) is 4.79 Å². The van der Waals surface area contributed by atoms with Crippen LogP contribution in [-0.2, 0) is 24.9 Å². The summed E-state index contributed by atoms with van der Waals surface area (Å²) in [5, 5.41) is 7.80. The molecule has 0 saturated heterocycles. The van der Waals surface area contributed by atoms with Gasteiger partial charge in [-0.2, -0.15) is 0 Å². The lowest BCUT2D eigenvalue weighted by molar-refractivity contribution is -0.131. The van der Waals surface area contributed by atoms with Gasteiger partial charge in [0.1, 0.15) is 12.9 Å². The molecule has 7 heteroatoms. The molecular formula is C14H16N6O. The van der Waals surface area contributed by atoms with Crippen LogP contribution < -0.4 is 0 Å². The Balaban J connectivity index is 1.72. The third-order valence-electron chi connectivity index (χ3n) is 3.44. The van der Waals surface area contributed by atoms with Crippen LogP contribution in [0.2, 0.25) is 0 Å². The lowest BCUT2D eigenvalue weighted by Crippen LogP contribution is -2.30. The molecule has 0 fully saturated rings. The smallest absolute Gasteiger partial charge is 0.242 e. The van der Waals surface area contributed by atoms with E-state index in [4.69, 9.17) is 0 Å². The SMILES string of the molecule is CN(Cc1nncn1C)C(=O)Cn1cnc2ccccc21. The van der Waals surface area contributed by atoms with Gasteiger partial charge >= 0.3 is 0 Å². The number of para-hydroxylation sites is 2. The average molecular weight is 284 g/mol. The maximum atomic E-state index is 12.3. The van der Waals surface area contributed by atoms with Crippen molar-refractivity contribution < 1.29 is 4.79 Å². The number of carbonyl (C=O) groups excluding carboxylic acids is 1. The zero-order chi connectivity index (χ0) is 14.8. The number of likely N-dealkylation sites (N-methyl/N-ethyl adjacent to an activating group) is 1. The number of nitrogens with zero attached hydrogens (tertiary/aromatic N) is 6. The minimum absolute atomic E-state index is 0.00107. The lowest BCUT2D eigenvalue weighted by Gasteiger charge is -2.17. The summed E-state index contributed by atoms with van der Waals surface area (Å²) >= 11 is 0.